The number of carbonyl (C=O) groups is 1. The maximum atomic E-state index is 11.1. The lowest BCUT2D eigenvalue weighted by molar-refractivity contribution is 0.1000. The van der Waals surface area contributed by atoms with Crippen molar-refractivity contribution in [1.29, 1.82) is 0 Å². The molecule has 0 aliphatic heterocycles. The molecule has 0 radical (unpaired) electrons. The van der Waals surface area contributed by atoms with Crippen LogP contribution in [0, 0.1) is 13.8 Å². The summed E-state index contributed by atoms with van der Waals surface area (Å²) in [5.41, 5.74) is 10.1. The van der Waals surface area contributed by atoms with Crippen LogP contribution < -0.4 is 11.1 Å². The maximum Gasteiger partial charge on any atom is 0.248 e. The van der Waals surface area contributed by atoms with Crippen molar-refractivity contribution in [2.45, 2.75) is 26.9 Å². The molecular weight excluding hydrogens is 250 g/mol. The molecule has 1 aromatic heterocycles. The highest BCUT2D eigenvalue weighted by molar-refractivity contribution is 5.93. The van der Waals surface area contributed by atoms with E-state index in [0.717, 1.165) is 35.6 Å². The summed E-state index contributed by atoms with van der Waals surface area (Å²) < 4.78 is 0. The Labute approximate surface area is 119 Å². The average Bonchev–Trinajstić information content (AvgIpc) is 2.40. The van der Waals surface area contributed by atoms with Gasteiger partial charge < -0.3 is 11.1 Å². The average molecular weight is 269 g/mol. The fraction of sp³-hybridized carbons (Fsp3) is 0.250. The molecular formula is C16H19N3O. The van der Waals surface area contributed by atoms with Crippen molar-refractivity contribution < 1.29 is 4.79 Å². The lowest BCUT2D eigenvalue weighted by Crippen LogP contribution is -2.16. The Morgan fingerprint density at radius 2 is 2.00 bits per heavy atom. The minimum atomic E-state index is -0.392. The van der Waals surface area contributed by atoms with Crippen LogP contribution in [0.3, 0.4) is 0 Å². The van der Waals surface area contributed by atoms with Crippen LogP contribution in [0.4, 0.5) is 0 Å². The Morgan fingerprint density at radius 1 is 1.20 bits per heavy atom. The van der Waals surface area contributed by atoms with Gasteiger partial charge in [-0.3, -0.25) is 9.78 Å². The van der Waals surface area contributed by atoms with E-state index in [2.05, 4.69) is 10.3 Å². The van der Waals surface area contributed by atoms with E-state index >= 15 is 0 Å². The van der Waals surface area contributed by atoms with Crippen molar-refractivity contribution >= 4 is 5.91 Å². The van der Waals surface area contributed by atoms with E-state index in [9.17, 15) is 4.79 Å². The summed E-state index contributed by atoms with van der Waals surface area (Å²) in [4.78, 5) is 15.5. The van der Waals surface area contributed by atoms with Gasteiger partial charge in [0.1, 0.15) is 0 Å². The number of hydrogen-bond acceptors (Lipinski definition) is 3. The van der Waals surface area contributed by atoms with E-state index in [1.54, 1.807) is 6.07 Å². The topological polar surface area (TPSA) is 68.0 Å². The Kier molecular flexibility index (Phi) is 4.48. The largest absolute Gasteiger partial charge is 0.366 e. The lowest BCUT2D eigenvalue weighted by atomic mass is 10.0. The van der Waals surface area contributed by atoms with E-state index in [1.165, 1.54) is 0 Å². The fourth-order valence-corrected chi connectivity index (χ4v) is 2.07. The number of benzene rings is 1. The Morgan fingerprint density at radius 3 is 2.65 bits per heavy atom. The number of rotatable bonds is 5. The van der Waals surface area contributed by atoms with Crippen molar-refractivity contribution in [2.75, 3.05) is 0 Å². The van der Waals surface area contributed by atoms with Gasteiger partial charge in [0.05, 0.1) is 5.69 Å². The van der Waals surface area contributed by atoms with Gasteiger partial charge in [-0.05, 0) is 49.2 Å². The minimum absolute atomic E-state index is 0.392. The van der Waals surface area contributed by atoms with E-state index in [0.29, 0.717) is 5.56 Å². The SMILES string of the molecule is Cc1cccc(CNCc2ccc(C(N)=O)cc2C)n1. The van der Waals surface area contributed by atoms with Gasteiger partial charge in [-0.15, -0.1) is 0 Å². The molecule has 20 heavy (non-hydrogen) atoms. The molecule has 1 heterocycles. The number of carbonyl (C=O) groups excluding carboxylic acids is 1. The minimum Gasteiger partial charge on any atom is -0.366 e. The van der Waals surface area contributed by atoms with E-state index in [1.807, 2.05) is 44.2 Å². The van der Waals surface area contributed by atoms with Gasteiger partial charge in [0.15, 0.2) is 0 Å². The number of pyridine rings is 1. The first-order valence-corrected chi connectivity index (χ1v) is 6.59. The second kappa shape index (κ2) is 6.30. The molecule has 0 saturated carbocycles. The number of nitrogens with one attached hydrogen (secondary N) is 1. The number of aromatic nitrogens is 1. The van der Waals surface area contributed by atoms with Gasteiger partial charge in [-0.25, -0.2) is 0 Å². The highest BCUT2D eigenvalue weighted by Gasteiger charge is 2.04. The van der Waals surface area contributed by atoms with Crippen LogP contribution in [0.25, 0.3) is 0 Å². The van der Waals surface area contributed by atoms with E-state index < -0.39 is 5.91 Å². The number of amides is 1. The lowest BCUT2D eigenvalue weighted by Gasteiger charge is -2.09. The Balaban J connectivity index is 1.96. The van der Waals surface area contributed by atoms with Crippen molar-refractivity contribution in [2.24, 2.45) is 5.73 Å². The molecule has 0 aliphatic rings. The van der Waals surface area contributed by atoms with Gasteiger partial charge in [0.25, 0.3) is 0 Å². The molecule has 0 spiro atoms. The first kappa shape index (κ1) is 14.2. The van der Waals surface area contributed by atoms with Crippen LogP contribution in [0.5, 0.6) is 0 Å². The number of aryl methyl sites for hydroxylation is 2. The molecule has 0 atom stereocenters. The highest BCUT2D eigenvalue weighted by Crippen LogP contribution is 2.11. The van der Waals surface area contributed by atoms with Crippen molar-refractivity contribution in [3.63, 3.8) is 0 Å². The molecule has 1 amide bonds. The predicted octanol–water partition coefficient (Wildman–Crippen LogP) is 2.09. The molecule has 4 heteroatoms. The number of nitrogens with two attached hydrogens (primary N) is 1. The van der Waals surface area contributed by atoms with Crippen molar-refractivity contribution in [3.8, 4) is 0 Å². The second-order valence-corrected chi connectivity index (χ2v) is 4.88. The molecule has 0 fully saturated rings. The Hall–Kier alpha value is -2.20. The molecule has 1 aromatic carbocycles. The number of primary amides is 1. The Bertz CT molecular complexity index is 623. The molecule has 4 nitrogen and oxygen atoms in total. The normalized spacial score (nSPS) is 10.5. The molecule has 104 valence electrons. The summed E-state index contributed by atoms with van der Waals surface area (Å²) >= 11 is 0. The van der Waals surface area contributed by atoms with Crippen LogP contribution in [-0.4, -0.2) is 10.9 Å². The molecule has 2 aromatic rings. The zero-order valence-corrected chi connectivity index (χ0v) is 11.8. The van der Waals surface area contributed by atoms with Crippen LogP contribution in [0.15, 0.2) is 36.4 Å². The third-order valence-corrected chi connectivity index (χ3v) is 3.19. The van der Waals surface area contributed by atoms with Gasteiger partial charge in [-0.2, -0.15) is 0 Å². The molecule has 0 saturated heterocycles. The zero-order chi connectivity index (χ0) is 14.5. The quantitative estimate of drug-likeness (QED) is 0.873. The van der Waals surface area contributed by atoms with Crippen LogP contribution in [0.1, 0.15) is 32.9 Å². The van der Waals surface area contributed by atoms with Crippen LogP contribution in [0.2, 0.25) is 0 Å². The first-order valence-electron chi connectivity index (χ1n) is 6.59. The standard InChI is InChI=1S/C16H19N3O/c1-11-8-13(16(17)20)6-7-14(11)9-18-10-15-5-3-4-12(2)19-15/h3-8,18H,9-10H2,1-2H3,(H2,17,20). The second-order valence-electron chi connectivity index (χ2n) is 4.88. The zero-order valence-electron chi connectivity index (χ0n) is 11.8. The third kappa shape index (κ3) is 3.65. The predicted molar refractivity (Wildman–Crippen MR) is 79.2 cm³/mol. The maximum absolute atomic E-state index is 11.1. The number of nitrogens with zero attached hydrogens (tertiary/aromatic N) is 1. The van der Waals surface area contributed by atoms with Gasteiger partial charge in [0.2, 0.25) is 5.91 Å². The van der Waals surface area contributed by atoms with Crippen LogP contribution in [-0.2, 0) is 13.1 Å². The van der Waals surface area contributed by atoms with Gasteiger partial charge >= 0.3 is 0 Å². The highest BCUT2D eigenvalue weighted by atomic mass is 16.1. The summed E-state index contributed by atoms with van der Waals surface area (Å²) in [5, 5.41) is 3.36. The summed E-state index contributed by atoms with van der Waals surface area (Å²) in [5.74, 6) is -0.392. The molecule has 3 N–H and O–H groups in total. The summed E-state index contributed by atoms with van der Waals surface area (Å²) in [7, 11) is 0. The fourth-order valence-electron chi connectivity index (χ4n) is 2.07. The van der Waals surface area contributed by atoms with Crippen LogP contribution >= 0.6 is 0 Å². The third-order valence-electron chi connectivity index (χ3n) is 3.19. The monoisotopic (exact) mass is 269 g/mol. The summed E-state index contributed by atoms with van der Waals surface area (Å²) in [6.45, 7) is 5.42. The smallest absolute Gasteiger partial charge is 0.248 e. The first-order chi connectivity index (χ1) is 9.56. The van der Waals surface area contributed by atoms with Crippen molar-refractivity contribution in [1.82, 2.24) is 10.3 Å². The van der Waals surface area contributed by atoms with Crippen molar-refractivity contribution in [3.05, 3.63) is 64.5 Å². The molecule has 2 rings (SSSR count). The van der Waals surface area contributed by atoms with E-state index in [4.69, 9.17) is 5.73 Å². The number of hydrogen-bond donors (Lipinski definition) is 2. The molecule has 0 bridgehead atoms. The molecule has 0 unspecified atom stereocenters. The summed E-state index contributed by atoms with van der Waals surface area (Å²) in [6, 6.07) is 11.5. The molecule has 0 aliphatic carbocycles. The summed E-state index contributed by atoms with van der Waals surface area (Å²) in [6.07, 6.45) is 0. The van der Waals surface area contributed by atoms with Gasteiger partial charge in [-0.1, -0.05) is 12.1 Å². The van der Waals surface area contributed by atoms with E-state index in [-0.39, 0.29) is 0 Å². The van der Waals surface area contributed by atoms with Gasteiger partial charge in [0, 0.05) is 24.3 Å².